The van der Waals surface area contributed by atoms with Gasteiger partial charge in [-0.2, -0.15) is 0 Å². The average molecular weight is 271 g/mol. The Bertz CT molecular complexity index is 271. The first-order valence-electron chi connectivity index (χ1n) is 7.44. The lowest BCUT2D eigenvalue weighted by Crippen LogP contribution is -2.42. The molecule has 1 aliphatic carbocycles. The summed E-state index contributed by atoms with van der Waals surface area (Å²) in [6.07, 6.45) is 4.80. The van der Waals surface area contributed by atoms with Gasteiger partial charge in [0.1, 0.15) is 0 Å². The molecule has 1 N–H and O–H groups in total. The number of hydrogen-bond donors (Lipinski definition) is 1. The SMILES string of the molecule is COC1CCC(CC(=O)N(CC(C)O)C(C)C)CC1. The van der Waals surface area contributed by atoms with Crippen LogP contribution >= 0.6 is 0 Å². The highest BCUT2D eigenvalue weighted by atomic mass is 16.5. The van der Waals surface area contributed by atoms with E-state index in [0.717, 1.165) is 25.7 Å². The summed E-state index contributed by atoms with van der Waals surface area (Å²) >= 11 is 0. The number of nitrogens with zero attached hydrogens (tertiary/aromatic N) is 1. The Labute approximate surface area is 117 Å². The maximum Gasteiger partial charge on any atom is 0.223 e. The number of amides is 1. The van der Waals surface area contributed by atoms with Gasteiger partial charge in [0, 0.05) is 26.1 Å². The molecule has 1 rings (SSSR count). The highest BCUT2D eigenvalue weighted by Gasteiger charge is 2.26. The number of carbonyl (C=O) groups is 1. The smallest absolute Gasteiger partial charge is 0.223 e. The summed E-state index contributed by atoms with van der Waals surface area (Å²) in [7, 11) is 1.76. The van der Waals surface area contributed by atoms with E-state index in [2.05, 4.69) is 0 Å². The summed E-state index contributed by atoms with van der Waals surface area (Å²) in [4.78, 5) is 14.1. The normalized spacial score (nSPS) is 25.4. The van der Waals surface area contributed by atoms with E-state index in [0.29, 0.717) is 25.0 Å². The number of carbonyl (C=O) groups excluding carboxylic acids is 1. The van der Waals surface area contributed by atoms with Crippen molar-refractivity contribution in [3.05, 3.63) is 0 Å². The Morgan fingerprint density at radius 3 is 2.26 bits per heavy atom. The number of aliphatic hydroxyl groups is 1. The Morgan fingerprint density at radius 2 is 1.84 bits per heavy atom. The van der Waals surface area contributed by atoms with Crippen molar-refractivity contribution < 1.29 is 14.6 Å². The van der Waals surface area contributed by atoms with Gasteiger partial charge in [0.25, 0.3) is 0 Å². The highest BCUT2D eigenvalue weighted by molar-refractivity contribution is 5.76. The van der Waals surface area contributed by atoms with Crippen LogP contribution < -0.4 is 0 Å². The van der Waals surface area contributed by atoms with Crippen LogP contribution in [0.4, 0.5) is 0 Å². The first kappa shape index (κ1) is 16.4. The fourth-order valence-electron chi connectivity index (χ4n) is 2.82. The number of methoxy groups -OCH3 is 1. The molecule has 0 aromatic heterocycles. The van der Waals surface area contributed by atoms with Crippen LogP contribution in [-0.4, -0.2) is 47.8 Å². The minimum atomic E-state index is -0.462. The van der Waals surface area contributed by atoms with Gasteiger partial charge in [-0.05, 0) is 52.4 Å². The van der Waals surface area contributed by atoms with Gasteiger partial charge >= 0.3 is 0 Å². The lowest BCUT2D eigenvalue weighted by Gasteiger charge is -2.32. The quantitative estimate of drug-likeness (QED) is 0.805. The molecule has 0 spiro atoms. The Kier molecular flexibility index (Phi) is 6.80. The third kappa shape index (κ3) is 5.49. The monoisotopic (exact) mass is 271 g/mol. The standard InChI is InChI=1S/C15H29NO3/c1-11(2)16(10-12(3)17)15(18)9-13-5-7-14(19-4)8-6-13/h11-14,17H,5-10H2,1-4H3. The van der Waals surface area contributed by atoms with Gasteiger partial charge in [-0.25, -0.2) is 0 Å². The van der Waals surface area contributed by atoms with Crippen molar-refractivity contribution >= 4 is 5.91 Å². The molecule has 1 unspecified atom stereocenters. The second-order valence-electron chi connectivity index (χ2n) is 6.07. The molecular formula is C15H29NO3. The summed E-state index contributed by atoms with van der Waals surface area (Å²) in [5.41, 5.74) is 0. The van der Waals surface area contributed by atoms with E-state index in [1.54, 1.807) is 18.9 Å². The topological polar surface area (TPSA) is 49.8 Å². The van der Waals surface area contributed by atoms with E-state index in [1.807, 2.05) is 13.8 Å². The van der Waals surface area contributed by atoms with Crippen molar-refractivity contribution in [3.63, 3.8) is 0 Å². The number of ether oxygens (including phenoxy) is 1. The van der Waals surface area contributed by atoms with Gasteiger partial charge in [0.15, 0.2) is 0 Å². The van der Waals surface area contributed by atoms with Crippen molar-refractivity contribution in [1.29, 1.82) is 0 Å². The summed E-state index contributed by atoms with van der Waals surface area (Å²) < 4.78 is 5.35. The first-order chi connectivity index (χ1) is 8.93. The van der Waals surface area contributed by atoms with Crippen LogP contribution in [-0.2, 0) is 9.53 Å². The van der Waals surface area contributed by atoms with Gasteiger partial charge in [-0.1, -0.05) is 0 Å². The van der Waals surface area contributed by atoms with E-state index in [1.165, 1.54) is 0 Å². The van der Waals surface area contributed by atoms with Crippen molar-refractivity contribution in [2.75, 3.05) is 13.7 Å². The first-order valence-corrected chi connectivity index (χ1v) is 7.44. The van der Waals surface area contributed by atoms with Crippen LogP contribution in [0, 0.1) is 5.92 Å². The number of hydrogen-bond acceptors (Lipinski definition) is 3. The van der Waals surface area contributed by atoms with Crippen molar-refractivity contribution in [2.24, 2.45) is 5.92 Å². The Morgan fingerprint density at radius 1 is 1.26 bits per heavy atom. The van der Waals surface area contributed by atoms with Gasteiger partial charge in [0.2, 0.25) is 5.91 Å². The van der Waals surface area contributed by atoms with Crippen LogP contribution in [0.5, 0.6) is 0 Å². The van der Waals surface area contributed by atoms with Gasteiger partial charge in [0.05, 0.1) is 12.2 Å². The predicted octanol–water partition coefficient (Wildman–Crippen LogP) is 2.20. The molecule has 1 saturated carbocycles. The molecule has 112 valence electrons. The third-order valence-corrected chi connectivity index (χ3v) is 4.00. The molecule has 1 atom stereocenters. The molecular weight excluding hydrogens is 242 g/mol. The summed E-state index contributed by atoms with van der Waals surface area (Å²) in [6, 6.07) is 0.150. The number of rotatable bonds is 6. The van der Waals surface area contributed by atoms with E-state index < -0.39 is 6.10 Å². The predicted molar refractivity (Wildman–Crippen MR) is 75.9 cm³/mol. The van der Waals surface area contributed by atoms with Crippen molar-refractivity contribution in [2.45, 2.75) is 71.1 Å². The van der Waals surface area contributed by atoms with Gasteiger partial charge in [-0.3, -0.25) is 4.79 Å². The second-order valence-corrected chi connectivity index (χ2v) is 6.07. The molecule has 0 bridgehead atoms. The molecule has 1 amide bonds. The average Bonchev–Trinajstić information content (AvgIpc) is 2.36. The molecule has 0 aromatic rings. The molecule has 4 nitrogen and oxygen atoms in total. The Hall–Kier alpha value is -0.610. The van der Waals surface area contributed by atoms with Crippen LogP contribution in [0.2, 0.25) is 0 Å². The third-order valence-electron chi connectivity index (χ3n) is 4.00. The van der Waals surface area contributed by atoms with E-state index in [-0.39, 0.29) is 11.9 Å². The molecule has 0 radical (unpaired) electrons. The molecule has 1 fully saturated rings. The van der Waals surface area contributed by atoms with Crippen LogP contribution in [0.3, 0.4) is 0 Å². The second kappa shape index (κ2) is 7.85. The molecule has 0 aliphatic heterocycles. The van der Waals surface area contributed by atoms with Crippen molar-refractivity contribution in [3.8, 4) is 0 Å². The molecule has 4 heteroatoms. The van der Waals surface area contributed by atoms with Crippen LogP contribution in [0.25, 0.3) is 0 Å². The van der Waals surface area contributed by atoms with Crippen molar-refractivity contribution in [1.82, 2.24) is 4.90 Å². The summed E-state index contributed by atoms with van der Waals surface area (Å²) in [5, 5.41) is 9.48. The van der Waals surface area contributed by atoms with E-state index in [9.17, 15) is 9.90 Å². The summed E-state index contributed by atoms with van der Waals surface area (Å²) in [6.45, 7) is 6.17. The largest absolute Gasteiger partial charge is 0.392 e. The molecule has 0 saturated heterocycles. The van der Waals surface area contributed by atoms with E-state index >= 15 is 0 Å². The minimum absolute atomic E-state index is 0.150. The lowest BCUT2D eigenvalue weighted by atomic mass is 9.85. The molecule has 1 aliphatic rings. The molecule has 0 aromatic carbocycles. The summed E-state index contributed by atoms with van der Waals surface area (Å²) in [5.74, 6) is 0.658. The zero-order chi connectivity index (χ0) is 14.4. The zero-order valence-corrected chi connectivity index (χ0v) is 12.8. The molecule has 0 heterocycles. The van der Waals surface area contributed by atoms with Crippen LogP contribution in [0.15, 0.2) is 0 Å². The van der Waals surface area contributed by atoms with E-state index in [4.69, 9.17) is 4.74 Å². The van der Waals surface area contributed by atoms with Crippen LogP contribution in [0.1, 0.15) is 52.9 Å². The Balaban J connectivity index is 2.44. The zero-order valence-electron chi connectivity index (χ0n) is 12.8. The highest BCUT2D eigenvalue weighted by Crippen LogP contribution is 2.28. The fourth-order valence-corrected chi connectivity index (χ4v) is 2.82. The minimum Gasteiger partial charge on any atom is -0.392 e. The maximum atomic E-state index is 12.3. The molecule has 19 heavy (non-hydrogen) atoms. The van der Waals surface area contributed by atoms with Gasteiger partial charge in [-0.15, -0.1) is 0 Å². The van der Waals surface area contributed by atoms with Gasteiger partial charge < -0.3 is 14.7 Å². The fraction of sp³-hybridized carbons (Fsp3) is 0.933. The number of aliphatic hydroxyl groups excluding tert-OH is 1. The lowest BCUT2D eigenvalue weighted by molar-refractivity contribution is -0.135. The maximum absolute atomic E-state index is 12.3.